The van der Waals surface area contributed by atoms with Gasteiger partial charge in [0.2, 0.25) is 0 Å². The van der Waals surface area contributed by atoms with E-state index in [4.69, 9.17) is 17.3 Å². The van der Waals surface area contributed by atoms with E-state index < -0.39 is 0 Å². The Bertz CT molecular complexity index is 706. The summed E-state index contributed by atoms with van der Waals surface area (Å²) in [5.74, 6) is 0.425. The molecule has 0 bridgehead atoms. The number of hydrogen-bond acceptors (Lipinski definition) is 3. The van der Waals surface area contributed by atoms with Crippen LogP contribution < -0.4 is 5.73 Å². The molecule has 0 unspecified atom stereocenters. The highest BCUT2D eigenvalue weighted by Crippen LogP contribution is 2.34. The molecular weight excluding hydrogens is 260 g/mol. The van der Waals surface area contributed by atoms with Gasteiger partial charge >= 0.3 is 0 Å². The first kappa shape index (κ1) is 11.7. The molecule has 5 heteroatoms. The normalized spacial score (nSPS) is 10.6. The minimum atomic E-state index is 0.425. The number of aromatic amines is 1. The van der Waals surface area contributed by atoms with Crippen molar-refractivity contribution in [1.82, 2.24) is 15.2 Å². The maximum Gasteiger partial charge on any atom is 0.155 e. The predicted molar refractivity (Wildman–Crippen MR) is 76.7 cm³/mol. The molecule has 0 saturated heterocycles. The first-order valence-corrected chi connectivity index (χ1v) is 6.14. The number of rotatable bonds is 2. The Balaban J connectivity index is 2.19. The van der Waals surface area contributed by atoms with E-state index in [0.29, 0.717) is 10.8 Å². The number of anilines is 1. The molecule has 0 aliphatic heterocycles. The molecule has 0 spiro atoms. The zero-order valence-electron chi connectivity index (χ0n) is 9.97. The summed E-state index contributed by atoms with van der Waals surface area (Å²) >= 11 is 6.02. The highest BCUT2D eigenvalue weighted by atomic mass is 35.5. The van der Waals surface area contributed by atoms with Crippen LogP contribution in [0.3, 0.4) is 0 Å². The zero-order valence-corrected chi connectivity index (χ0v) is 10.7. The molecule has 0 aliphatic carbocycles. The van der Waals surface area contributed by atoms with E-state index in [1.165, 1.54) is 0 Å². The number of pyridine rings is 1. The van der Waals surface area contributed by atoms with Gasteiger partial charge in [-0.05, 0) is 24.3 Å². The number of halogens is 1. The third-order valence-electron chi connectivity index (χ3n) is 2.83. The fourth-order valence-electron chi connectivity index (χ4n) is 1.98. The van der Waals surface area contributed by atoms with Crippen LogP contribution in [0.2, 0.25) is 5.02 Å². The Morgan fingerprint density at radius 1 is 1.11 bits per heavy atom. The van der Waals surface area contributed by atoms with Crippen molar-refractivity contribution in [3.8, 4) is 22.5 Å². The Morgan fingerprint density at radius 2 is 2.00 bits per heavy atom. The van der Waals surface area contributed by atoms with Gasteiger partial charge in [-0.15, -0.1) is 0 Å². The van der Waals surface area contributed by atoms with Crippen molar-refractivity contribution >= 4 is 17.4 Å². The van der Waals surface area contributed by atoms with E-state index in [9.17, 15) is 0 Å². The molecule has 3 N–H and O–H groups in total. The number of nitrogens with two attached hydrogens (primary N) is 1. The average molecular weight is 271 g/mol. The summed E-state index contributed by atoms with van der Waals surface area (Å²) in [5, 5.41) is 7.68. The van der Waals surface area contributed by atoms with Crippen LogP contribution in [0, 0.1) is 0 Å². The highest BCUT2D eigenvalue weighted by molar-refractivity contribution is 6.30. The summed E-state index contributed by atoms with van der Waals surface area (Å²) in [6.45, 7) is 0. The molecule has 0 fully saturated rings. The molecule has 2 aromatic heterocycles. The van der Waals surface area contributed by atoms with Crippen LogP contribution >= 0.6 is 11.6 Å². The fraction of sp³-hybridized carbons (Fsp3) is 0. The second-order valence-electron chi connectivity index (χ2n) is 4.08. The number of nitrogens with zero attached hydrogens (tertiary/aromatic N) is 2. The first-order valence-electron chi connectivity index (χ1n) is 5.77. The van der Waals surface area contributed by atoms with Crippen LogP contribution in [0.4, 0.5) is 5.82 Å². The standard InChI is InChI=1S/C14H11ClN4/c15-10-5-3-4-9(8-10)13-12(14(16)19-18-13)11-6-1-2-7-17-11/h1-8H,(H3,16,18,19). The van der Waals surface area contributed by atoms with Crippen molar-refractivity contribution < 1.29 is 0 Å². The molecule has 0 aliphatic rings. The number of aromatic nitrogens is 3. The van der Waals surface area contributed by atoms with Gasteiger partial charge < -0.3 is 5.73 Å². The largest absolute Gasteiger partial charge is 0.382 e. The number of nitrogen functional groups attached to an aromatic ring is 1. The second-order valence-corrected chi connectivity index (χ2v) is 4.52. The molecule has 3 aromatic rings. The number of nitrogens with one attached hydrogen (secondary N) is 1. The Labute approximate surface area is 115 Å². The number of benzene rings is 1. The minimum absolute atomic E-state index is 0.425. The lowest BCUT2D eigenvalue weighted by Gasteiger charge is -2.04. The quantitative estimate of drug-likeness (QED) is 0.750. The van der Waals surface area contributed by atoms with Gasteiger partial charge in [0, 0.05) is 16.8 Å². The van der Waals surface area contributed by atoms with Crippen LogP contribution in [-0.4, -0.2) is 15.2 Å². The van der Waals surface area contributed by atoms with Gasteiger partial charge in [-0.25, -0.2) is 0 Å². The molecule has 0 amide bonds. The summed E-state index contributed by atoms with van der Waals surface area (Å²) in [5.41, 5.74) is 9.26. The summed E-state index contributed by atoms with van der Waals surface area (Å²) in [6.07, 6.45) is 1.73. The Morgan fingerprint density at radius 3 is 2.74 bits per heavy atom. The monoisotopic (exact) mass is 270 g/mol. The van der Waals surface area contributed by atoms with E-state index in [1.54, 1.807) is 6.20 Å². The molecule has 0 saturated carbocycles. The molecule has 2 heterocycles. The van der Waals surface area contributed by atoms with Crippen molar-refractivity contribution in [1.29, 1.82) is 0 Å². The fourth-order valence-corrected chi connectivity index (χ4v) is 2.17. The van der Waals surface area contributed by atoms with Gasteiger partial charge in [0.15, 0.2) is 5.82 Å². The van der Waals surface area contributed by atoms with Crippen LogP contribution in [0.5, 0.6) is 0 Å². The second kappa shape index (κ2) is 4.74. The minimum Gasteiger partial charge on any atom is -0.382 e. The van der Waals surface area contributed by atoms with Gasteiger partial charge in [0.25, 0.3) is 0 Å². The molecular formula is C14H11ClN4. The lowest BCUT2D eigenvalue weighted by molar-refractivity contribution is 1.10. The lowest BCUT2D eigenvalue weighted by atomic mass is 10.0. The summed E-state index contributed by atoms with van der Waals surface area (Å²) in [4.78, 5) is 4.32. The third-order valence-corrected chi connectivity index (χ3v) is 3.06. The van der Waals surface area contributed by atoms with E-state index in [1.807, 2.05) is 42.5 Å². The first-order chi connectivity index (χ1) is 9.25. The van der Waals surface area contributed by atoms with Crippen LogP contribution in [-0.2, 0) is 0 Å². The van der Waals surface area contributed by atoms with Gasteiger partial charge in [-0.3, -0.25) is 10.1 Å². The van der Waals surface area contributed by atoms with E-state index in [-0.39, 0.29) is 0 Å². The smallest absolute Gasteiger partial charge is 0.155 e. The highest BCUT2D eigenvalue weighted by Gasteiger charge is 2.15. The third kappa shape index (κ3) is 2.18. The molecule has 4 nitrogen and oxygen atoms in total. The zero-order chi connectivity index (χ0) is 13.2. The summed E-state index contributed by atoms with van der Waals surface area (Å²) in [6, 6.07) is 13.2. The van der Waals surface area contributed by atoms with E-state index >= 15 is 0 Å². The molecule has 1 aromatic carbocycles. The average Bonchev–Trinajstić information content (AvgIpc) is 2.82. The molecule has 94 valence electrons. The number of H-pyrrole nitrogens is 1. The van der Waals surface area contributed by atoms with Crippen molar-refractivity contribution in [3.05, 3.63) is 53.7 Å². The van der Waals surface area contributed by atoms with Crippen LogP contribution in [0.15, 0.2) is 48.7 Å². The Kier molecular flexibility index (Phi) is 2.93. The van der Waals surface area contributed by atoms with Crippen LogP contribution in [0.25, 0.3) is 22.5 Å². The van der Waals surface area contributed by atoms with Crippen molar-refractivity contribution in [3.63, 3.8) is 0 Å². The topological polar surface area (TPSA) is 67.6 Å². The van der Waals surface area contributed by atoms with Crippen molar-refractivity contribution in [2.24, 2.45) is 0 Å². The van der Waals surface area contributed by atoms with Gasteiger partial charge in [-0.1, -0.05) is 29.8 Å². The number of hydrogen-bond donors (Lipinski definition) is 2. The molecule has 3 rings (SSSR count). The molecule has 0 radical (unpaired) electrons. The SMILES string of the molecule is Nc1n[nH]c(-c2cccc(Cl)c2)c1-c1ccccn1. The maximum absolute atomic E-state index is 6.02. The van der Waals surface area contributed by atoms with Crippen molar-refractivity contribution in [2.75, 3.05) is 5.73 Å². The summed E-state index contributed by atoms with van der Waals surface area (Å²) < 4.78 is 0. The van der Waals surface area contributed by atoms with Crippen molar-refractivity contribution in [2.45, 2.75) is 0 Å². The van der Waals surface area contributed by atoms with Crippen LogP contribution in [0.1, 0.15) is 0 Å². The molecule has 0 atom stereocenters. The van der Waals surface area contributed by atoms with E-state index in [2.05, 4.69) is 15.2 Å². The van der Waals surface area contributed by atoms with E-state index in [0.717, 1.165) is 22.5 Å². The Hall–Kier alpha value is -2.33. The molecule has 19 heavy (non-hydrogen) atoms. The lowest BCUT2D eigenvalue weighted by Crippen LogP contribution is -1.90. The predicted octanol–water partition coefficient (Wildman–Crippen LogP) is 3.37. The van der Waals surface area contributed by atoms with Gasteiger partial charge in [0.1, 0.15) is 0 Å². The maximum atomic E-state index is 6.02. The van der Waals surface area contributed by atoms with Gasteiger partial charge in [0.05, 0.1) is 17.0 Å². The van der Waals surface area contributed by atoms with Gasteiger partial charge in [-0.2, -0.15) is 5.10 Å². The summed E-state index contributed by atoms with van der Waals surface area (Å²) in [7, 11) is 0.